The molecule has 1 aliphatic carbocycles. The summed E-state index contributed by atoms with van der Waals surface area (Å²) in [7, 11) is 1.45. The predicted molar refractivity (Wildman–Crippen MR) is 75.7 cm³/mol. The first-order valence-electron chi connectivity index (χ1n) is 6.28. The molecule has 0 aliphatic heterocycles. The first-order chi connectivity index (χ1) is 8.65. The summed E-state index contributed by atoms with van der Waals surface area (Å²) in [6.45, 7) is 2.11. The van der Waals surface area contributed by atoms with Gasteiger partial charge in [0.2, 0.25) is 0 Å². The van der Waals surface area contributed by atoms with Gasteiger partial charge in [0.15, 0.2) is 0 Å². The van der Waals surface area contributed by atoms with Gasteiger partial charge in [0.1, 0.15) is 6.04 Å². The number of anilines is 1. The standard InChI is InChI=1S/C14H18BrNO2/c1-3-9-8-11(15)6-7-12(9)16-13(10-4-5-10)14(17)18-2/h6-8,10,13,16H,3-5H2,1-2H3. The van der Waals surface area contributed by atoms with Crippen LogP contribution in [-0.4, -0.2) is 19.1 Å². The Labute approximate surface area is 116 Å². The molecule has 0 radical (unpaired) electrons. The number of esters is 1. The second-order valence-electron chi connectivity index (χ2n) is 4.64. The van der Waals surface area contributed by atoms with Gasteiger partial charge in [-0.3, -0.25) is 0 Å². The summed E-state index contributed by atoms with van der Waals surface area (Å²) in [6.07, 6.45) is 3.13. The number of halogens is 1. The van der Waals surface area contributed by atoms with Crippen LogP contribution in [0.3, 0.4) is 0 Å². The van der Waals surface area contributed by atoms with Crippen LogP contribution < -0.4 is 5.32 Å². The number of carbonyl (C=O) groups is 1. The maximum atomic E-state index is 11.8. The van der Waals surface area contributed by atoms with Crippen molar-refractivity contribution in [3.63, 3.8) is 0 Å². The maximum Gasteiger partial charge on any atom is 0.328 e. The van der Waals surface area contributed by atoms with Crippen molar-refractivity contribution in [2.45, 2.75) is 32.2 Å². The van der Waals surface area contributed by atoms with Gasteiger partial charge < -0.3 is 10.1 Å². The zero-order valence-corrected chi connectivity index (χ0v) is 12.3. The number of methoxy groups -OCH3 is 1. The third-order valence-corrected chi connectivity index (χ3v) is 3.80. The van der Waals surface area contributed by atoms with E-state index in [1.807, 2.05) is 12.1 Å². The second kappa shape index (κ2) is 5.74. The van der Waals surface area contributed by atoms with E-state index in [1.54, 1.807) is 0 Å². The van der Waals surface area contributed by atoms with Gasteiger partial charge in [0.25, 0.3) is 0 Å². The molecule has 0 spiro atoms. The highest BCUT2D eigenvalue weighted by Crippen LogP contribution is 2.35. The van der Waals surface area contributed by atoms with E-state index in [2.05, 4.69) is 34.2 Å². The number of ether oxygens (including phenoxy) is 1. The lowest BCUT2D eigenvalue weighted by atomic mass is 10.1. The summed E-state index contributed by atoms with van der Waals surface area (Å²) in [4.78, 5) is 11.8. The molecule has 18 heavy (non-hydrogen) atoms. The van der Waals surface area contributed by atoms with Crippen LogP contribution in [0.5, 0.6) is 0 Å². The topological polar surface area (TPSA) is 38.3 Å². The molecule has 1 aromatic carbocycles. The van der Waals surface area contributed by atoms with E-state index in [0.29, 0.717) is 5.92 Å². The molecule has 0 bridgehead atoms. The Morgan fingerprint density at radius 1 is 1.56 bits per heavy atom. The van der Waals surface area contributed by atoms with Crippen molar-refractivity contribution in [2.75, 3.05) is 12.4 Å². The van der Waals surface area contributed by atoms with E-state index >= 15 is 0 Å². The lowest BCUT2D eigenvalue weighted by Crippen LogP contribution is -2.33. The van der Waals surface area contributed by atoms with Crippen LogP contribution in [-0.2, 0) is 16.0 Å². The van der Waals surface area contributed by atoms with E-state index in [1.165, 1.54) is 12.7 Å². The fraction of sp³-hybridized carbons (Fsp3) is 0.500. The Bertz CT molecular complexity index is 443. The Kier molecular flexibility index (Phi) is 4.27. The highest BCUT2D eigenvalue weighted by Gasteiger charge is 2.37. The van der Waals surface area contributed by atoms with Gasteiger partial charge in [0, 0.05) is 10.2 Å². The monoisotopic (exact) mass is 311 g/mol. The highest BCUT2D eigenvalue weighted by atomic mass is 79.9. The van der Waals surface area contributed by atoms with Crippen LogP contribution in [0, 0.1) is 5.92 Å². The van der Waals surface area contributed by atoms with Crippen LogP contribution >= 0.6 is 15.9 Å². The number of benzene rings is 1. The van der Waals surface area contributed by atoms with Gasteiger partial charge >= 0.3 is 5.97 Å². The third-order valence-electron chi connectivity index (χ3n) is 3.31. The number of hydrogen-bond donors (Lipinski definition) is 1. The number of carbonyl (C=O) groups excluding carboxylic acids is 1. The molecule has 1 N–H and O–H groups in total. The first kappa shape index (κ1) is 13.4. The van der Waals surface area contributed by atoms with Crippen LogP contribution in [0.1, 0.15) is 25.3 Å². The average molecular weight is 312 g/mol. The van der Waals surface area contributed by atoms with Crippen molar-refractivity contribution >= 4 is 27.6 Å². The fourth-order valence-electron chi connectivity index (χ4n) is 2.09. The third kappa shape index (κ3) is 3.05. The van der Waals surface area contributed by atoms with Crippen LogP contribution in [0.2, 0.25) is 0 Å². The lowest BCUT2D eigenvalue weighted by molar-refractivity contribution is -0.142. The molecule has 3 nitrogen and oxygen atoms in total. The number of rotatable bonds is 5. The molecule has 2 rings (SSSR count). The van der Waals surface area contributed by atoms with Crippen molar-refractivity contribution in [1.29, 1.82) is 0 Å². The molecule has 0 amide bonds. The van der Waals surface area contributed by atoms with Gasteiger partial charge in [0.05, 0.1) is 7.11 Å². The summed E-state index contributed by atoms with van der Waals surface area (Å²) < 4.78 is 5.93. The SMILES string of the molecule is CCc1cc(Br)ccc1NC(C(=O)OC)C1CC1. The van der Waals surface area contributed by atoms with Gasteiger partial charge in [-0.15, -0.1) is 0 Å². The zero-order valence-electron chi connectivity index (χ0n) is 10.7. The summed E-state index contributed by atoms with van der Waals surface area (Å²) in [5, 5.41) is 3.34. The Balaban J connectivity index is 2.18. The summed E-state index contributed by atoms with van der Waals surface area (Å²) in [6, 6.07) is 5.88. The smallest absolute Gasteiger partial charge is 0.328 e. The molecule has 0 saturated heterocycles. The molecule has 1 saturated carbocycles. The van der Waals surface area contributed by atoms with Crippen molar-refractivity contribution in [3.05, 3.63) is 28.2 Å². The molecule has 1 aromatic rings. The maximum absolute atomic E-state index is 11.8. The van der Waals surface area contributed by atoms with Gasteiger partial charge in [-0.2, -0.15) is 0 Å². The quantitative estimate of drug-likeness (QED) is 0.847. The Morgan fingerprint density at radius 3 is 2.83 bits per heavy atom. The van der Waals surface area contributed by atoms with E-state index < -0.39 is 0 Å². The minimum atomic E-state index is -0.207. The molecule has 0 aromatic heterocycles. The average Bonchev–Trinajstić information content (AvgIpc) is 3.20. The summed E-state index contributed by atoms with van der Waals surface area (Å²) in [5.74, 6) is 0.258. The Hall–Kier alpha value is -1.03. The molecule has 98 valence electrons. The first-order valence-corrected chi connectivity index (χ1v) is 7.07. The van der Waals surface area contributed by atoms with Gasteiger partial charge in [-0.05, 0) is 48.9 Å². The lowest BCUT2D eigenvalue weighted by Gasteiger charge is -2.19. The van der Waals surface area contributed by atoms with Crippen LogP contribution in [0.4, 0.5) is 5.69 Å². The van der Waals surface area contributed by atoms with E-state index in [0.717, 1.165) is 29.4 Å². The van der Waals surface area contributed by atoms with Gasteiger partial charge in [-0.1, -0.05) is 22.9 Å². The molecular weight excluding hydrogens is 294 g/mol. The van der Waals surface area contributed by atoms with Crippen molar-refractivity contribution in [2.24, 2.45) is 5.92 Å². The number of aryl methyl sites for hydroxylation is 1. The molecule has 4 heteroatoms. The number of hydrogen-bond acceptors (Lipinski definition) is 3. The highest BCUT2D eigenvalue weighted by molar-refractivity contribution is 9.10. The molecule has 1 fully saturated rings. The van der Waals surface area contributed by atoms with E-state index in [9.17, 15) is 4.79 Å². The predicted octanol–water partition coefficient (Wildman–Crippen LogP) is 3.38. The van der Waals surface area contributed by atoms with Crippen molar-refractivity contribution < 1.29 is 9.53 Å². The largest absolute Gasteiger partial charge is 0.467 e. The second-order valence-corrected chi connectivity index (χ2v) is 5.55. The Morgan fingerprint density at radius 2 is 2.28 bits per heavy atom. The minimum absolute atomic E-state index is 0.164. The van der Waals surface area contributed by atoms with Crippen LogP contribution in [0.15, 0.2) is 22.7 Å². The molecule has 0 heterocycles. The van der Waals surface area contributed by atoms with Gasteiger partial charge in [-0.25, -0.2) is 4.79 Å². The fourth-order valence-corrected chi connectivity index (χ4v) is 2.50. The molecule has 1 atom stereocenters. The zero-order chi connectivity index (χ0) is 13.1. The minimum Gasteiger partial charge on any atom is -0.467 e. The van der Waals surface area contributed by atoms with Crippen molar-refractivity contribution in [3.8, 4) is 0 Å². The summed E-state index contributed by atoms with van der Waals surface area (Å²) in [5.41, 5.74) is 2.24. The van der Waals surface area contributed by atoms with Crippen LogP contribution in [0.25, 0.3) is 0 Å². The molecular formula is C14H18BrNO2. The van der Waals surface area contributed by atoms with E-state index in [4.69, 9.17) is 4.74 Å². The van der Waals surface area contributed by atoms with Crippen molar-refractivity contribution in [1.82, 2.24) is 0 Å². The summed E-state index contributed by atoms with van der Waals surface area (Å²) >= 11 is 3.47. The molecule has 1 aliphatic rings. The normalized spacial score (nSPS) is 16.2. The van der Waals surface area contributed by atoms with E-state index in [-0.39, 0.29) is 12.0 Å². The number of nitrogens with one attached hydrogen (secondary N) is 1. The molecule has 1 unspecified atom stereocenters.